The van der Waals surface area contributed by atoms with Crippen LogP contribution in [0.5, 0.6) is 0 Å². The molecule has 0 aromatic carbocycles. The zero-order chi connectivity index (χ0) is 8.97. The number of hydrogen-bond donors (Lipinski definition) is 1. The largest absolute Gasteiger partial charge is 0.466 e. The van der Waals surface area contributed by atoms with Crippen molar-refractivity contribution in [3.8, 4) is 0 Å². The molecule has 12 heavy (non-hydrogen) atoms. The third kappa shape index (κ3) is 2.08. The van der Waals surface area contributed by atoms with Gasteiger partial charge in [-0.1, -0.05) is 6.08 Å². The first-order chi connectivity index (χ1) is 5.77. The van der Waals surface area contributed by atoms with Crippen molar-refractivity contribution in [3.63, 3.8) is 0 Å². The molecule has 0 bridgehead atoms. The van der Waals surface area contributed by atoms with Crippen LogP contribution in [-0.2, 0) is 9.53 Å². The number of carbonyl (C=O) groups excluding carboxylic acids is 1. The highest BCUT2D eigenvalue weighted by Crippen LogP contribution is 2.18. The van der Waals surface area contributed by atoms with Crippen molar-refractivity contribution in [2.24, 2.45) is 0 Å². The fourth-order valence-electron chi connectivity index (χ4n) is 1.45. The smallest absolute Gasteiger partial charge is 0.333 e. The summed E-state index contributed by atoms with van der Waals surface area (Å²) in [4.78, 5) is 11.1. The van der Waals surface area contributed by atoms with Crippen molar-refractivity contribution >= 4 is 5.97 Å². The maximum Gasteiger partial charge on any atom is 0.333 e. The van der Waals surface area contributed by atoms with Gasteiger partial charge in [0.15, 0.2) is 0 Å². The molecule has 0 aromatic heterocycles. The Morgan fingerprint density at radius 1 is 1.75 bits per heavy atom. The summed E-state index contributed by atoms with van der Waals surface area (Å²) >= 11 is 0. The van der Waals surface area contributed by atoms with Crippen LogP contribution in [-0.4, -0.2) is 26.2 Å². The molecule has 1 aliphatic rings. The molecule has 0 saturated heterocycles. The topological polar surface area (TPSA) is 38.3 Å². The molecule has 0 amide bonds. The Morgan fingerprint density at radius 2 is 2.50 bits per heavy atom. The molecule has 0 spiro atoms. The predicted molar refractivity (Wildman–Crippen MR) is 46.8 cm³/mol. The van der Waals surface area contributed by atoms with Crippen LogP contribution in [0.2, 0.25) is 0 Å². The number of rotatable bonds is 2. The van der Waals surface area contributed by atoms with Crippen molar-refractivity contribution in [3.05, 3.63) is 11.6 Å². The van der Waals surface area contributed by atoms with Crippen LogP contribution in [0.1, 0.15) is 19.3 Å². The van der Waals surface area contributed by atoms with E-state index in [2.05, 4.69) is 10.1 Å². The zero-order valence-electron chi connectivity index (χ0n) is 7.59. The fourth-order valence-corrected chi connectivity index (χ4v) is 1.45. The highest BCUT2D eigenvalue weighted by Gasteiger charge is 2.17. The summed E-state index contributed by atoms with van der Waals surface area (Å²) < 4.78 is 4.65. The van der Waals surface area contributed by atoms with Crippen LogP contribution in [0.15, 0.2) is 11.6 Å². The monoisotopic (exact) mass is 169 g/mol. The van der Waals surface area contributed by atoms with E-state index in [1.807, 2.05) is 13.1 Å². The van der Waals surface area contributed by atoms with E-state index in [0.29, 0.717) is 6.04 Å². The zero-order valence-corrected chi connectivity index (χ0v) is 7.59. The molecule has 3 heteroatoms. The van der Waals surface area contributed by atoms with Crippen LogP contribution in [0.3, 0.4) is 0 Å². The summed E-state index contributed by atoms with van der Waals surface area (Å²) in [6, 6.07) is 0.341. The molecule has 3 nitrogen and oxygen atoms in total. The minimum absolute atomic E-state index is 0.185. The second kappa shape index (κ2) is 4.26. The van der Waals surface area contributed by atoms with Gasteiger partial charge in [-0.2, -0.15) is 0 Å². The average molecular weight is 169 g/mol. The minimum atomic E-state index is -0.185. The number of methoxy groups -OCH3 is 1. The van der Waals surface area contributed by atoms with Crippen molar-refractivity contribution in [1.82, 2.24) is 5.32 Å². The van der Waals surface area contributed by atoms with Gasteiger partial charge in [-0.15, -0.1) is 0 Å². The van der Waals surface area contributed by atoms with E-state index >= 15 is 0 Å². The van der Waals surface area contributed by atoms with Gasteiger partial charge < -0.3 is 10.1 Å². The van der Waals surface area contributed by atoms with Gasteiger partial charge in [0, 0.05) is 11.6 Å². The van der Waals surface area contributed by atoms with Crippen LogP contribution in [0.25, 0.3) is 0 Å². The first kappa shape index (κ1) is 9.26. The maximum absolute atomic E-state index is 11.1. The Hall–Kier alpha value is -0.830. The molecule has 1 atom stereocenters. The molecule has 0 saturated carbocycles. The van der Waals surface area contributed by atoms with Gasteiger partial charge in [0.05, 0.1) is 7.11 Å². The van der Waals surface area contributed by atoms with Gasteiger partial charge in [0.1, 0.15) is 0 Å². The number of likely N-dealkylation sites (N-methyl/N-ethyl adjacent to an activating group) is 1. The van der Waals surface area contributed by atoms with E-state index in [-0.39, 0.29) is 5.97 Å². The van der Waals surface area contributed by atoms with Gasteiger partial charge in [-0.05, 0) is 26.3 Å². The highest BCUT2D eigenvalue weighted by molar-refractivity contribution is 5.88. The summed E-state index contributed by atoms with van der Waals surface area (Å²) in [5.41, 5.74) is 0.808. The molecular weight excluding hydrogens is 154 g/mol. The molecular formula is C9H15NO2. The highest BCUT2D eigenvalue weighted by atomic mass is 16.5. The summed E-state index contributed by atoms with van der Waals surface area (Å²) in [6.45, 7) is 0. The van der Waals surface area contributed by atoms with Crippen LogP contribution < -0.4 is 5.32 Å². The third-order valence-electron chi connectivity index (χ3n) is 2.18. The van der Waals surface area contributed by atoms with Crippen LogP contribution >= 0.6 is 0 Å². The Labute approximate surface area is 72.8 Å². The van der Waals surface area contributed by atoms with Gasteiger partial charge in [0.2, 0.25) is 0 Å². The SMILES string of the molecule is CNC1C=C(C(=O)OC)CCC1. The van der Waals surface area contributed by atoms with Crippen molar-refractivity contribution in [1.29, 1.82) is 0 Å². The van der Waals surface area contributed by atoms with Crippen LogP contribution in [0, 0.1) is 0 Å². The molecule has 0 aromatic rings. The third-order valence-corrected chi connectivity index (χ3v) is 2.18. The molecule has 1 aliphatic carbocycles. The molecule has 1 rings (SSSR count). The number of nitrogens with one attached hydrogen (secondary N) is 1. The molecule has 1 N–H and O–H groups in total. The van der Waals surface area contributed by atoms with Gasteiger partial charge in [0.25, 0.3) is 0 Å². The van der Waals surface area contributed by atoms with E-state index in [1.165, 1.54) is 7.11 Å². The van der Waals surface area contributed by atoms with E-state index in [1.54, 1.807) is 0 Å². The molecule has 0 radical (unpaired) electrons. The Kier molecular flexibility index (Phi) is 3.29. The van der Waals surface area contributed by atoms with Crippen molar-refractivity contribution in [2.75, 3.05) is 14.2 Å². The van der Waals surface area contributed by atoms with E-state index < -0.39 is 0 Å². The van der Waals surface area contributed by atoms with E-state index in [9.17, 15) is 4.79 Å². The summed E-state index contributed by atoms with van der Waals surface area (Å²) in [7, 11) is 3.33. The van der Waals surface area contributed by atoms with E-state index in [0.717, 1.165) is 24.8 Å². The quantitative estimate of drug-likeness (QED) is 0.623. The van der Waals surface area contributed by atoms with Gasteiger partial charge >= 0.3 is 5.97 Å². The number of carbonyl (C=O) groups is 1. The lowest BCUT2D eigenvalue weighted by Crippen LogP contribution is -2.27. The van der Waals surface area contributed by atoms with Gasteiger partial charge in [-0.3, -0.25) is 0 Å². The molecule has 68 valence electrons. The predicted octanol–water partition coefficient (Wildman–Crippen LogP) is 0.858. The maximum atomic E-state index is 11.1. The van der Waals surface area contributed by atoms with Crippen LogP contribution in [0.4, 0.5) is 0 Å². The van der Waals surface area contributed by atoms with Crippen molar-refractivity contribution in [2.45, 2.75) is 25.3 Å². The normalized spacial score (nSPS) is 23.2. The summed E-state index contributed by atoms with van der Waals surface area (Å²) in [5, 5.41) is 3.13. The lowest BCUT2D eigenvalue weighted by Gasteiger charge is -2.18. The Bertz CT molecular complexity index is 199. The fraction of sp³-hybridized carbons (Fsp3) is 0.667. The first-order valence-corrected chi connectivity index (χ1v) is 4.24. The second-order valence-corrected chi connectivity index (χ2v) is 2.97. The molecule has 0 heterocycles. The first-order valence-electron chi connectivity index (χ1n) is 4.24. The lowest BCUT2D eigenvalue weighted by molar-refractivity contribution is -0.136. The molecule has 0 aliphatic heterocycles. The van der Waals surface area contributed by atoms with E-state index in [4.69, 9.17) is 0 Å². The number of hydrogen-bond acceptors (Lipinski definition) is 3. The average Bonchev–Trinajstić information content (AvgIpc) is 2.17. The number of ether oxygens (including phenoxy) is 1. The van der Waals surface area contributed by atoms with Crippen molar-refractivity contribution < 1.29 is 9.53 Å². The standard InChI is InChI=1S/C9H15NO2/c1-10-8-5-3-4-7(6-8)9(11)12-2/h6,8,10H,3-5H2,1-2H3. The molecule has 0 fully saturated rings. The Morgan fingerprint density at radius 3 is 3.08 bits per heavy atom. The number of esters is 1. The summed E-state index contributed by atoms with van der Waals surface area (Å²) in [6.07, 6.45) is 4.99. The minimum Gasteiger partial charge on any atom is -0.466 e. The lowest BCUT2D eigenvalue weighted by atomic mass is 9.96. The second-order valence-electron chi connectivity index (χ2n) is 2.97. The summed E-state index contributed by atoms with van der Waals surface area (Å²) in [5.74, 6) is -0.185. The Balaban J connectivity index is 2.63. The molecule has 1 unspecified atom stereocenters. The van der Waals surface area contributed by atoms with Gasteiger partial charge in [-0.25, -0.2) is 4.79 Å².